The van der Waals surface area contributed by atoms with E-state index in [9.17, 15) is 4.79 Å². The Morgan fingerprint density at radius 1 is 1.17 bits per heavy atom. The van der Waals surface area contributed by atoms with Crippen LogP contribution in [0.2, 0.25) is 0 Å². The van der Waals surface area contributed by atoms with Crippen LogP contribution in [-0.2, 0) is 11.2 Å². The van der Waals surface area contributed by atoms with E-state index in [2.05, 4.69) is 63.0 Å². The molecule has 1 amide bonds. The van der Waals surface area contributed by atoms with E-state index in [0.29, 0.717) is 5.92 Å². The highest BCUT2D eigenvalue weighted by atomic mass is 32.2. The fraction of sp³-hybridized carbons (Fsp3) is 0.391. The molecule has 1 fully saturated rings. The molecule has 0 bridgehead atoms. The third-order valence-electron chi connectivity index (χ3n) is 5.00. The van der Waals surface area contributed by atoms with E-state index in [1.54, 1.807) is 0 Å². The van der Waals surface area contributed by atoms with Crippen molar-refractivity contribution in [2.24, 2.45) is 10.9 Å². The summed E-state index contributed by atoms with van der Waals surface area (Å²) in [6.07, 6.45) is 2.13. The second-order valence-electron chi connectivity index (χ2n) is 7.33. The van der Waals surface area contributed by atoms with Crippen molar-refractivity contribution >= 4 is 29.3 Å². The highest BCUT2D eigenvalue weighted by Gasteiger charge is 2.24. The standard InChI is InChI=1S/C23H30N4OS/c1-18(28)26-21-10-8-19(9-11-21)12-14-25-23(24-2)27-15-13-20(16-27)17-29-22-6-4-3-5-7-22/h3-11,20H,12-17H2,1-2H3,(H,24,25)(H,26,28). The zero-order valence-electron chi connectivity index (χ0n) is 17.2. The lowest BCUT2D eigenvalue weighted by molar-refractivity contribution is -0.114. The average molecular weight is 411 g/mol. The smallest absolute Gasteiger partial charge is 0.221 e. The number of likely N-dealkylation sites (tertiary alicyclic amines) is 1. The minimum atomic E-state index is -0.0469. The maximum atomic E-state index is 11.1. The number of thioether (sulfide) groups is 1. The summed E-state index contributed by atoms with van der Waals surface area (Å²) in [5, 5.41) is 6.30. The summed E-state index contributed by atoms with van der Waals surface area (Å²) in [6, 6.07) is 18.6. The Hall–Kier alpha value is -2.47. The molecule has 0 radical (unpaired) electrons. The van der Waals surface area contributed by atoms with Crippen LogP contribution in [0, 0.1) is 5.92 Å². The topological polar surface area (TPSA) is 56.7 Å². The summed E-state index contributed by atoms with van der Waals surface area (Å²) in [5.74, 6) is 2.79. The van der Waals surface area contributed by atoms with Crippen LogP contribution >= 0.6 is 11.8 Å². The van der Waals surface area contributed by atoms with Crippen molar-refractivity contribution in [1.29, 1.82) is 0 Å². The van der Waals surface area contributed by atoms with E-state index in [1.807, 2.05) is 30.9 Å². The molecule has 2 aromatic rings. The number of hydrogen-bond acceptors (Lipinski definition) is 3. The summed E-state index contributed by atoms with van der Waals surface area (Å²) < 4.78 is 0. The van der Waals surface area contributed by atoms with Crippen molar-refractivity contribution < 1.29 is 4.79 Å². The van der Waals surface area contributed by atoms with Gasteiger partial charge in [-0.25, -0.2) is 0 Å². The Bertz CT molecular complexity index is 807. The Labute approximate surface area is 178 Å². The third kappa shape index (κ3) is 6.82. The number of amides is 1. The number of guanidine groups is 1. The molecule has 0 aliphatic carbocycles. The summed E-state index contributed by atoms with van der Waals surface area (Å²) in [6.45, 7) is 4.48. The van der Waals surface area contributed by atoms with Crippen LogP contribution in [0.4, 0.5) is 5.69 Å². The highest BCUT2D eigenvalue weighted by molar-refractivity contribution is 7.99. The molecular formula is C23H30N4OS. The molecule has 1 heterocycles. The van der Waals surface area contributed by atoms with Crippen LogP contribution in [0.25, 0.3) is 0 Å². The second kappa shape index (κ2) is 10.9. The lowest BCUT2D eigenvalue weighted by Gasteiger charge is -2.21. The maximum Gasteiger partial charge on any atom is 0.221 e. The van der Waals surface area contributed by atoms with E-state index in [0.717, 1.165) is 43.5 Å². The van der Waals surface area contributed by atoms with Crippen LogP contribution in [0.3, 0.4) is 0 Å². The second-order valence-corrected chi connectivity index (χ2v) is 8.42. The van der Waals surface area contributed by atoms with Crippen LogP contribution in [0.5, 0.6) is 0 Å². The van der Waals surface area contributed by atoms with Crippen LogP contribution in [0.15, 0.2) is 64.5 Å². The number of rotatable bonds is 7. The lowest BCUT2D eigenvalue weighted by Crippen LogP contribution is -2.41. The molecule has 0 saturated carbocycles. The molecule has 5 nitrogen and oxygen atoms in total. The van der Waals surface area contributed by atoms with Gasteiger partial charge in [-0.2, -0.15) is 0 Å². The van der Waals surface area contributed by atoms with Gasteiger partial charge in [-0.1, -0.05) is 30.3 Å². The van der Waals surface area contributed by atoms with Gasteiger partial charge in [0.05, 0.1) is 0 Å². The highest BCUT2D eigenvalue weighted by Crippen LogP contribution is 2.25. The fourth-order valence-corrected chi connectivity index (χ4v) is 4.55. The summed E-state index contributed by atoms with van der Waals surface area (Å²) in [5.41, 5.74) is 2.07. The summed E-state index contributed by atoms with van der Waals surface area (Å²) in [4.78, 5) is 19.3. The molecule has 2 N–H and O–H groups in total. The van der Waals surface area contributed by atoms with E-state index in [4.69, 9.17) is 0 Å². The fourth-order valence-electron chi connectivity index (χ4n) is 3.50. The van der Waals surface area contributed by atoms with Gasteiger partial charge >= 0.3 is 0 Å². The molecule has 1 saturated heterocycles. The molecule has 1 aliphatic rings. The number of nitrogens with zero attached hydrogens (tertiary/aromatic N) is 2. The van der Waals surface area contributed by atoms with Crippen molar-refractivity contribution in [3.8, 4) is 0 Å². The Morgan fingerprint density at radius 2 is 1.93 bits per heavy atom. The van der Waals surface area contributed by atoms with Gasteiger partial charge in [-0.05, 0) is 48.6 Å². The molecule has 6 heteroatoms. The number of benzene rings is 2. The van der Waals surface area contributed by atoms with Gasteiger partial charge in [0.2, 0.25) is 5.91 Å². The van der Waals surface area contributed by atoms with Crippen molar-refractivity contribution in [3.63, 3.8) is 0 Å². The Kier molecular flexibility index (Phi) is 7.99. The Balaban J connectivity index is 1.40. The van der Waals surface area contributed by atoms with Gasteiger partial charge in [0.1, 0.15) is 0 Å². The van der Waals surface area contributed by atoms with Crippen molar-refractivity contribution in [1.82, 2.24) is 10.2 Å². The van der Waals surface area contributed by atoms with Gasteiger partial charge in [0, 0.05) is 49.9 Å². The third-order valence-corrected chi connectivity index (χ3v) is 6.24. The monoisotopic (exact) mass is 410 g/mol. The first-order chi connectivity index (χ1) is 14.1. The van der Waals surface area contributed by atoms with Crippen LogP contribution < -0.4 is 10.6 Å². The predicted molar refractivity (Wildman–Crippen MR) is 123 cm³/mol. The first-order valence-electron chi connectivity index (χ1n) is 10.1. The van der Waals surface area contributed by atoms with Gasteiger partial charge < -0.3 is 15.5 Å². The average Bonchev–Trinajstić information content (AvgIpc) is 3.20. The van der Waals surface area contributed by atoms with Crippen molar-refractivity contribution in [3.05, 3.63) is 60.2 Å². The van der Waals surface area contributed by atoms with Crippen LogP contribution in [0.1, 0.15) is 18.9 Å². The first-order valence-corrected chi connectivity index (χ1v) is 11.1. The molecule has 1 aliphatic heterocycles. The Morgan fingerprint density at radius 3 is 2.62 bits per heavy atom. The summed E-state index contributed by atoms with van der Waals surface area (Å²) >= 11 is 1.95. The molecule has 29 heavy (non-hydrogen) atoms. The molecule has 1 unspecified atom stereocenters. The quantitative estimate of drug-likeness (QED) is 0.413. The number of anilines is 1. The van der Waals surface area contributed by atoms with E-state index < -0.39 is 0 Å². The van der Waals surface area contributed by atoms with Gasteiger partial charge in [0.25, 0.3) is 0 Å². The first kappa shape index (κ1) is 21.2. The zero-order valence-corrected chi connectivity index (χ0v) is 18.0. The molecule has 3 rings (SSSR count). The van der Waals surface area contributed by atoms with Crippen LogP contribution in [-0.4, -0.2) is 49.2 Å². The lowest BCUT2D eigenvalue weighted by atomic mass is 10.1. The predicted octanol–water partition coefficient (Wildman–Crippen LogP) is 3.88. The molecule has 0 spiro atoms. The molecular weight excluding hydrogens is 380 g/mol. The number of hydrogen-bond donors (Lipinski definition) is 2. The number of carbonyl (C=O) groups excluding carboxylic acids is 1. The number of carbonyl (C=O) groups is 1. The molecule has 2 aromatic carbocycles. The van der Waals surface area contributed by atoms with E-state index in [1.165, 1.54) is 23.8 Å². The molecule has 0 aromatic heterocycles. The minimum Gasteiger partial charge on any atom is -0.356 e. The minimum absolute atomic E-state index is 0.0469. The van der Waals surface area contributed by atoms with Crippen molar-refractivity contribution in [2.75, 3.05) is 37.8 Å². The number of nitrogens with one attached hydrogen (secondary N) is 2. The summed E-state index contributed by atoms with van der Waals surface area (Å²) in [7, 11) is 1.86. The van der Waals surface area contributed by atoms with Gasteiger partial charge in [-0.3, -0.25) is 9.79 Å². The zero-order chi connectivity index (χ0) is 20.5. The molecule has 1 atom stereocenters. The number of aliphatic imine (C=N–C) groups is 1. The normalized spacial score (nSPS) is 16.7. The van der Waals surface area contributed by atoms with Crippen molar-refractivity contribution in [2.45, 2.75) is 24.7 Å². The van der Waals surface area contributed by atoms with E-state index in [-0.39, 0.29) is 5.91 Å². The van der Waals surface area contributed by atoms with Gasteiger partial charge in [-0.15, -0.1) is 11.8 Å². The SMILES string of the molecule is CN=C(NCCc1ccc(NC(C)=O)cc1)N1CCC(CSc2ccccc2)C1. The van der Waals surface area contributed by atoms with E-state index >= 15 is 0 Å². The molecule has 154 valence electrons. The van der Waals surface area contributed by atoms with Gasteiger partial charge in [0.15, 0.2) is 5.96 Å². The largest absolute Gasteiger partial charge is 0.356 e. The maximum absolute atomic E-state index is 11.1.